The van der Waals surface area contributed by atoms with Gasteiger partial charge in [-0.15, -0.1) is 0 Å². The van der Waals surface area contributed by atoms with Crippen molar-refractivity contribution in [3.63, 3.8) is 0 Å². The fourth-order valence-electron chi connectivity index (χ4n) is 1.73. The summed E-state index contributed by atoms with van der Waals surface area (Å²) in [6.07, 6.45) is 1.61. The average molecular weight is 273 g/mol. The summed E-state index contributed by atoms with van der Waals surface area (Å²) in [5.41, 5.74) is 1.08. The molecule has 3 nitrogen and oxygen atoms in total. The highest BCUT2D eigenvalue weighted by Gasteiger charge is 2.10. The molecule has 0 fully saturated rings. The zero-order valence-electron chi connectivity index (χ0n) is 10.8. The molecule has 0 saturated heterocycles. The van der Waals surface area contributed by atoms with Crippen LogP contribution >= 0.6 is 11.6 Å². The summed E-state index contributed by atoms with van der Waals surface area (Å²) in [4.78, 5) is 0. The Morgan fingerprint density at radius 2 is 2.00 bits per heavy atom. The first-order chi connectivity index (χ1) is 8.77. The molecule has 1 N–H and O–H groups in total. The van der Waals surface area contributed by atoms with Gasteiger partial charge in [-0.2, -0.15) is 0 Å². The molecule has 4 heteroatoms. The van der Waals surface area contributed by atoms with Gasteiger partial charge in [-0.25, -0.2) is 0 Å². The van der Waals surface area contributed by atoms with Crippen molar-refractivity contribution in [2.24, 2.45) is 5.92 Å². The predicted molar refractivity (Wildman–Crippen MR) is 73.0 cm³/mol. The zero-order chi connectivity index (χ0) is 13.2. The van der Waals surface area contributed by atoms with Gasteiger partial charge in [0.15, 0.2) is 0 Å². The van der Waals surface area contributed by atoms with E-state index in [1.165, 1.54) is 0 Å². The van der Waals surface area contributed by atoms with E-state index in [4.69, 9.17) is 21.1 Å². The fraction of sp³-hybridized carbons (Fsp3) is 0.571. The summed E-state index contributed by atoms with van der Waals surface area (Å²) in [5, 5.41) is 10.1. The molecule has 0 amide bonds. The molecular formula is C14H21ClO3. The number of methoxy groups -OCH3 is 1. The lowest BCUT2D eigenvalue weighted by atomic mass is 9.97. The van der Waals surface area contributed by atoms with Crippen molar-refractivity contribution in [2.75, 3.05) is 33.5 Å². The first-order valence-corrected chi connectivity index (χ1v) is 6.56. The molecular weight excluding hydrogens is 252 g/mol. The molecule has 1 unspecified atom stereocenters. The van der Waals surface area contributed by atoms with Crippen molar-refractivity contribution in [1.82, 2.24) is 0 Å². The van der Waals surface area contributed by atoms with Gasteiger partial charge in [-0.3, -0.25) is 0 Å². The highest BCUT2D eigenvalue weighted by molar-refractivity contribution is 6.31. The Labute approximate surface area is 114 Å². The largest absolute Gasteiger partial charge is 0.396 e. The van der Waals surface area contributed by atoms with Gasteiger partial charge in [0, 0.05) is 25.3 Å². The van der Waals surface area contributed by atoms with Crippen LogP contribution in [0.4, 0.5) is 0 Å². The van der Waals surface area contributed by atoms with Crippen molar-refractivity contribution in [1.29, 1.82) is 0 Å². The third-order valence-electron chi connectivity index (χ3n) is 2.83. The van der Waals surface area contributed by atoms with E-state index in [-0.39, 0.29) is 12.5 Å². The SMILES string of the molecule is COCCOCCC(CO)Cc1ccccc1Cl. The van der Waals surface area contributed by atoms with E-state index < -0.39 is 0 Å². The van der Waals surface area contributed by atoms with Gasteiger partial charge in [0.25, 0.3) is 0 Å². The first-order valence-electron chi connectivity index (χ1n) is 6.19. The van der Waals surface area contributed by atoms with Crippen LogP contribution in [0.1, 0.15) is 12.0 Å². The Kier molecular flexibility index (Phi) is 8.01. The number of hydrogen-bond acceptors (Lipinski definition) is 3. The molecule has 1 aromatic carbocycles. The van der Waals surface area contributed by atoms with Crippen LogP contribution in [0.5, 0.6) is 0 Å². The standard InChI is InChI=1S/C14H21ClO3/c1-17-8-9-18-7-6-12(11-16)10-13-4-2-3-5-14(13)15/h2-5,12,16H,6-11H2,1H3. The van der Waals surface area contributed by atoms with E-state index in [0.717, 1.165) is 23.4 Å². The molecule has 1 aromatic rings. The van der Waals surface area contributed by atoms with E-state index >= 15 is 0 Å². The van der Waals surface area contributed by atoms with Gasteiger partial charge in [0.1, 0.15) is 0 Å². The topological polar surface area (TPSA) is 38.7 Å². The van der Waals surface area contributed by atoms with E-state index in [9.17, 15) is 5.11 Å². The first kappa shape index (κ1) is 15.4. The summed E-state index contributed by atoms with van der Waals surface area (Å²) in [7, 11) is 1.65. The maximum atomic E-state index is 9.36. The summed E-state index contributed by atoms with van der Waals surface area (Å²) in [5.74, 6) is 0.187. The average Bonchev–Trinajstić information content (AvgIpc) is 2.39. The number of rotatable bonds is 9. The Balaban J connectivity index is 2.31. The zero-order valence-corrected chi connectivity index (χ0v) is 11.5. The van der Waals surface area contributed by atoms with Gasteiger partial charge in [-0.1, -0.05) is 29.8 Å². The van der Waals surface area contributed by atoms with Crippen LogP contribution in [0.3, 0.4) is 0 Å². The molecule has 1 atom stereocenters. The van der Waals surface area contributed by atoms with Crippen LogP contribution in [-0.2, 0) is 15.9 Å². The fourth-order valence-corrected chi connectivity index (χ4v) is 1.94. The monoisotopic (exact) mass is 272 g/mol. The molecule has 0 spiro atoms. The number of hydrogen-bond donors (Lipinski definition) is 1. The number of aliphatic hydroxyl groups excluding tert-OH is 1. The van der Waals surface area contributed by atoms with Crippen molar-refractivity contribution in [2.45, 2.75) is 12.8 Å². The summed E-state index contributed by atoms with van der Waals surface area (Å²) in [6, 6.07) is 7.75. The van der Waals surface area contributed by atoms with Crippen LogP contribution in [-0.4, -0.2) is 38.6 Å². The second-order valence-corrected chi connectivity index (χ2v) is 4.65. The van der Waals surface area contributed by atoms with Crippen molar-refractivity contribution < 1.29 is 14.6 Å². The van der Waals surface area contributed by atoms with Crippen molar-refractivity contribution >= 4 is 11.6 Å². The van der Waals surface area contributed by atoms with Gasteiger partial charge in [-0.05, 0) is 30.4 Å². The molecule has 0 aliphatic rings. The van der Waals surface area contributed by atoms with Crippen LogP contribution in [0.2, 0.25) is 5.02 Å². The Morgan fingerprint density at radius 3 is 2.67 bits per heavy atom. The maximum Gasteiger partial charge on any atom is 0.0700 e. The molecule has 0 bridgehead atoms. The van der Waals surface area contributed by atoms with Crippen LogP contribution in [0.25, 0.3) is 0 Å². The minimum absolute atomic E-state index is 0.152. The van der Waals surface area contributed by atoms with E-state index in [2.05, 4.69) is 0 Å². The van der Waals surface area contributed by atoms with Gasteiger partial charge < -0.3 is 14.6 Å². The molecule has 0 radical (unpaired) electrons. The number of halogens is 1. The third kappa shape index (κ3) is 5.83. The van der Waals surface area contributed by atoms with Crippen LogP contribution in [0, 0.1) is 5.92 Å². The van der Waals surface area contributed by atoms with Gasteiger partial charge in [0.2, 0.25) is 0 Å². The predicted octanol–water partition coefficient (Wildman–Crippen LogP) is 2.54. The maximum absolute atomic E-state index is 9.36. The van der Waals surface area contributed by atoms with E-state index in [1.54, 1.807) is 7.11 Å². The second kappa shape index (κ2) is 9.34. The molecule has 102 valence electrons. The van der Waals surface area contributed by atoms with Crippen LogP contribution < -0.4 is 0 Å². The van der Waals surface area contributed by atoms with E-state index in [0.29, 0.717) is 19.8 Å². The second-order valence-electron chi connectivity index (χ2n) is 4.24. The molecule has 1 rings (SSSR count). The quantitative estimate of drug-likeness (QED) is 0.702. The smallest absolute Gasteiger partial charge is 0.0700 e. The summed E-state index contributed by atoms with van der Waals surface area (Å²) < 4.78 is 10.3. The Morgan fingerprint density at radius 1 is 1.22 bits per heavy atom. The molecule has 0 aliphatic carbocycles. The molecule has 18 heavy (non-hydrogen) atoms. The molecule has 0 saturated carbocycles. The van der Waals surface area contributed by atoms with Gasteiger partial charge in [0.05, 0.1) is 13.2 Å². The normalized spacial score (nSPS) is 12.6. The highest BCUT2D eigenvalue weighted by Crippen LogP contribution is 2.20. The van der Waals surface area contributed by atoms with Crippen molar-refractivity contribution in [3.8, 4) is 0 Å². The minimum Gasteiger partial charge on any atom is -0.396 e. The van der Waals surface area contributed by atoms with Crippen LogP contribution in [0.15, 0.2) is 24.3 Å². The lowest BCUT2D eigenvalue weighted by molar-refractivity contribution is 0.0588. The lowest BCUT2D eigenvalue weighted by Gasteiger charge is -2.15. The Hall–Kier alpha value is -0.610. The molecule has 0 aromatic heterocycles. The van der Waals surface area contributed by atoms with Gasteiger partial charge >= 0.3 is 0 Å². The van der Waals surface area contributed by atoms with E-state index in [1.807, 2.05) is 24.3 Å². The summed E-state index contributed by atoms with van der Waals surface area (Å²) in [6.45, 7) is 1.99. The Bertz CT molecular complexity index is 331. The number of benzene rings is 1. The number of aliphatic hydroxyl groups is 1. The number of ether oxygens (including phenoxy) is 2. The van der Waals surface area contributed by atoms with Crippen molar-refractivity contribution in [3.05, 3.63) is 34.9 Å². The summed E-state index contributed by atoms with van der Waals surface area (Å²) >= 11 is 6.10. The molecule has 0 heterocycles. The third-order valence-corrected chi connectivity index (χ3v) is 3.20. The highest BCUT2D eigenvalue weighted by atomic mass is 35.5. The lowest BCUT2D eigenvalue weighted by Crippen LogP contribution is -2.14. The minimum atomic E-state index is 0.152. The molecule has 0 aliphatic heterocycles.